The fraction of sp³-hybridized carbons (Fsp3) is 0.231. The summed E-state index contributed by atoms with van der Waals surface area (Å²) in [7, 11) is 0. The lowest BCUT2D eigenvalue weighted by molar-refractivity contribution is -0.137. The van der Waals surface area contributed by atoms with Crippen molar-refractivity contribution in [1.29, 1.82) is 0 Å². The third-order valence-corrected chi connectivity index (χ3v) is 2.67. The fourth-order valence-electron chi connectivity index (χ4n) is 1.74. The van der Waals surface area contributed by atoms with E-state index in [2.05, 4.69) is 9.97 Å². The summed E-state index contributed by atoms with van der Waals surface area (Å²) in [5.41, 5.74) is 6.31. The van der Waals surface area contributed by atoms with Gasteiger partial charge in [-0.15, -0.1) is 0 Å². The minimum Gasteiger partial charge on any atom is -0.326 e. The van der Waals surface area contributed by atoms with Crippen LogP contribution in [0.1, 0.15) is 17.0 Å². The van der Waals surface area contributed by atoms with Crippen molar-refractivity contribution in [3.63, 3.8) is 0 Å². The molecule has 1 aromatic carbocycles. The molecule has 6 heteroatoms. The van der Waals surface area contributed by atoms with Crippen molar-refractivity contribution in [2.75, 3.05) is 0 Å². The molecule has 0 fully saturated rings. The van der Waals surface area contributed by atoms with Gasteiger partial charge in [-0.25, -0.2) is 9.97 Å². The predicted octanol–water partition coefficient (Wildman–Crippen LogP) is 2.93. The largest absolute Gasteiger partial charge is 0.416 e. The number of nitrogens with two attached hydrogens (primary N) is 1. The summed E-state index contributed by atoms with van der Waals surface area (Å²) in [6, 6.07) is 5.03. The number of hydrogen-bond acceptors (Lipinski definition) is 3. The monoisotopic (exact) mass is 267 g/mol. The van der Waals surface area contributed by atoms with Crippen molar-refractivity contribution in [3.05, 3.63) is 47.4 Å². The molecule has 19 heavy (non-hydrogen) atoms. The summed E-state index contributed by atoms with van der Waals surface area (Å²) in [5.74, 6) is 0.490. The molecule has 100 valence electrons. The first-order valence-corrected chi connectivity index (χ1v) is 5.62. The lowest BCUT2D eigenvalue weighted by atomic mass is 10.0. The maximum atomic E-state index is 12.7. The molecule has 0 aliphatic heterocycles. The normalized spacial score (nSPS) is 11.6. The average molecular weight is 267 g/mol. The van der Waals surface area contributed by atoms with Crippen LogP contribution in [0.5, 0.6) is 0 Å². The Hall–Kier alpha value is -1.95. The molecule has 1 aromatic heterocycles. The van der Waals surface area contributed by atoms with E-state index in [1.807, 2.05) is 0 Å². The molecule has 2 N–H and O–H groups in total. The van der Waals surface area contributed by atoms with Crippen LogP contribution in [0.25, 0.3) is 11.3 Å². The zero-order chi connectivity index (χ0) is 14.0. The highest BCUT2D eigenvalue weighted by atomic mass is 19.4. The Morgan fingerprint density at radius 2 is 2.00 bits per heavy atom. The molecular weight excluding hydrogens is 255 g/mol. The minimum atomic E-state index is -4.37. The van der Waals surface area contributed by atoms with Gasteiger partial charge in [0.05, 0.1) is 11.3 Å². The summed E-state index contributed by atoms with van der Waals surface area (Å²) >= 11 is 0. The number of halogens is 3. The van der Waals surface area contributed by atoms with Gasteiger partial charge in [-0.05, 0) is 19.1 Å². The summed E-state index contributed by atoms with van der Waals surface area (Å²) < 4.78 is 38.1. The van der Waals surface area contributed by atoms with Gasteiger partial charge in [0.1, 0.15) is 5.82 Å². The Balaban J connectivity index is 2.56. The highest BCUT2D eigenvalue weighted by Crippen LogP contribution is 2.32. The second-order valence-corrected chi connectivity index (χ2v) is 4.07. The summed E-state index contributed by atoms with van der Waals surface area (Å²) in [4.78, 5) is 8.17. The van der Waals surface area contributed by atoms with E-state index in [4.69, 9.17) is 5.73 Å². The van der Waals surface area contributed by atoms with Crippen LogP contribution in [0.4, 0.5) is 13.2 Å². The van der Waals surface area contributed by atoms with Crippen LogP contribution in [0, 0.1) is 6.92 Å². The van der Waals surface area contributed by atoms with Crippen molar-refractivity contribution in [2.24, 2.45) is 5.73 Å². The van der Waals surface area contributed by atoms with E-state index in [0.717, 1.165) is 12.1 Å². The van der Waals surface area contributed by atoms with Crippen molar-refractivity contribution in [3.8, 4) is 11.3 Å². The highest BCUT2D eigenvalue weighted by molar-refractivity contribution is 5.63. The second-order valence-electron chi connectivity index (χ2n) is 4.07. The van der Waals surface area contributed by atoms with Crippen LogP contribution >= 0.6 is 0 Å². The smallest absolute Gasteiger partial charge is 0.326 e. The van der Waals surface area contributed by atoms with E-state index in [0.29, 0.717) is 22.6 Å². The Labute approximate surface area is 108 Å². The molecular formula is C13H12F3N3. The number of rotatable bonds is 2. The Morgan fingerprint density at radius 3 is 2.63 bits per heavy atom. The zero-order valence-corrected chi connectivity index (χ0v) is 10.2. The third-order valence-electron chi connectivity index (χ3n) is 2.67. The molecule has 0 saturated carbocycles. The van der Waals surface area contributed by atoms with Crippen LogP contribution in [0.2, 0.25) is 0 Å². The number of aromatic nitrogens is 2. The highest BCUT2D eigenvalue weighted by Gasteiger charge is 2.30. The topological polar surface area (TPSA) is 51.8 Å². The average Bonchev–Trinajstić information content (AvgIpc) is 2.38. The van der Waals surface area contributed by atoms with Crippen LogP contribution in [-0.4, -0.2) is 9.97 Å². The van der Waals surface area contributed by atoms with Crippen LogP contribution in [0.3, 0.4) is 0 Å². The van der Waals surface area contributed by atoms with Gasteiger partial charge in [0.2, 0.25) is 0 Å². The van der Waals surface area contributed by atoms with E-state index in [9.17, 15) is 13.2 Å². The van der Waals surface area contributed by atoms with E-state index in [1.165, 1.54) is 12.3 Å². The van der Waals surface area contributed by atoms with E-state index >= 15 is 0 Å². The SMILES string of the molecule is Cc1ncc(CN)c(-c2cccc(C(F)(F)F)c2)n1. The van der Waals surface area contributed by atoms with Gasteiger partial charge in [0, 0.05) is 23.9 Å². The van der Waals surface area contributed by atoms with Crippen LogP contribution < -0.4 is 5.73 Å². The number of hydrogen-bond donors (Lipinski definition) is 1. The Bertz CT molecular complexity index is 594. The lowest BCUT2D eigenvalue weighted by Crippen LogP contribution is -2.06. The quantitative estimate of drug-likeness (QED) is 0.910. The third kappa shape index (κ3) is 2.90. The maximum Gasteiger partial charge on any atom is 0.416 e. The molecule has 2 aromatic rings. The molecule has 0 radical (unpaired) electrons. The first kappa shape index (κ1) is 13.5. The molecule has 0 saturated heterocycles. The predicted molar refractivity (Wildman–Crippen MR) is 65.1 cm³/mol. The van der Waals surface area contributed by atoms with Crippen molar-refractivity contribution in [1.82, 2.24) is 9.97 Å². The second kappa shape index (κ2) is 4.97. The number of nitrogens with zero attached hydrogens (tertiary/aromatic N) is 2. The maximum absolute atomic E-state index is 12.7. The minimum absolute atomic E-state index is 0.172. The molecule has 3 nitrogen and oxygen atoms in total. The lowest BCUT2D eigenvalue weighted by Gasteiger charge is -2.11. The Kier molecular flexibility index (Phi) is 3.53. The van der Waals surface area contributed by atoms with Crippen molar-refractivity contribution < 1.29 is 13.2 Å². The molecule has 2 rings (SSSR count). The van der Waals surface area contributed by atoms with E-state index in [-0.39, 0.29) is 6.54 Å². The summed E-state index contributed by atoms with van der Waals surface area (Å²) in [5, 5.41) is 0. The molecule has 0 aliphatic rings. The standard InChI is InChI=1S/C13H12F3N3/c1-8-18-7-10(6-17)12(19-8)9-3-2-4-11(5-9)13(14,15)16/h2-5,7H,6,17H2,1H3. The van der Waals surface area contributed by atoms with Gasteiger partial charge in [0.15, 0.2) is 0 Å². The van der Waals surface area contributed by atoms with Gasteiger partial charge in [-0.1, -0.05) is 12.1 Å². The van der Waals surface area contributed by atoms with Crippen molar-refractivity contribution >= 4 is 0 Å². The first-order valence-electron chi connectivity index (χ1n) is 5.62. The fourth-order valence-corrected chi connectivity index (χ4v) is 1.74. The molecule has 0 bridgehead atoms. The van der Waals surface area contributed by atoms with Gasteiger partial charge in [-0.3, -0.25) is 0 Å². The van der Waals surface area contributed by atoms with Crippen LogP contribution in [-0.2, 0) is 12.7 Å². The summed E-state index contributed by atoms with van der Waals surface area (Å²) in [6.07, 6.45) is -2.83. The van der Waals surface area contributed by atoms with Gasteiger partial charge in [-0.2, -0.15) is 13.2 Å². The first-order chi connectivity index (χ1) is 8.91. The van der Waals surface area contributed by atoms with Crippen molar-refractivity contribution in [2.45, 2.75) is 19.6 Å². The van der Waals surface area contributed by atoms with Gasteiger partial charge >= 0.3 is 6.18 Å². The van der Waals surface area contributed by atoms with E-state index < -0.39 is 11.7 Å². The summed E-state index contributed by atoms with van der Waals surface area (Å²) in [6.45, 7) is 1.85. The van der Waals surface area contributed by atoms with Crippen LogP contribution in [0.15, 0.2) is 30.5 Å². The number of alkyl halides is 3. The molecule has 0 spiro atoms. The molecule has 0 amide bonds. The van der Waals surface area contributed by atoms with Gasteiger partial charge < -0.3 is 5.73 Å². The number of aryl methyl sites for hydroxylation is 1. The molecule has 0 atom stereocenters. The van der Waals surface area contributed by atoms with Gasteiger partial charge in [0.25, 0.3) is 0 Å². The number of benzene rings is 1. The zero-order valence-electron chi connectivity index (χ0n) is 10.2. The molecule has 1 heterocycles. The van der Waals surface area contributed by atoms with E-state index in [1.54, 1.807) is 13.0 Å². The molecule has 0 aliphatic carbocycles. The molecule has 0 unspecified atom stereocenters. The Morgan fingerprint density at radius 1 is 1.26 bits per heavy atom.